The molecule has 1 aromatic heterocycles. The average Bonchev–Trinajstić information content (AvgIpc) is 2.67. The monoisotopic (exact) mass is 291 g/mol. The maximum absolute atomic E-state index is 11.1. The summed E-state index contributed by atoms with van der Waals surface area (Å²) in [7, 11) is 0. The number of nitrogens with zero attached hydrogens (tertiary/aromatic N) is 1. The van der Waals surface area contributed by atoms with E-state index in [-0.39, 0.29) is 0 Å². The van der Waals surface area contributed by atoms with Gasteiger partial charge in [-0.15, -0.1) is 0 Å². The molecule has 1 aromatic carbocycles. The predicted molar refractivity (Wildman–Crippen MR) is 86.0 cm³/mol. The molecule has 0 atom stereocenters. The summed E-state index contributed by atoms with van der Waals surface area (Å²) >= 11 is 1.96. The highest BCUT2D eigenvalue weighted by Gasteiger charge is 2.13. The third kappa shape index (κ3) is 2.85. The van der Waals surface area contributed by atoms with E-state index in [1.807, 2.05) is 17.8 Å². The highest BCUT2D eigenvalue weighted by Crippen LogP contribution is 2.26. The van der Waals surface area contributed by atoms with Crippen molar-refractivity contribution < 1.29 is 9.90 Å². The molecule has 0 saturated heterocycles. The smallest absolute Gasteiger partial charge is 0.335 e. The third-order valence-corrected chi connectivity index (χ3v) is 4.75. The number of carboxylic acid groups (broad SMARTS) is 1. The van der Waals surface area contributed by atoms with Crippen molar-refractivity contribution in [1.29, 1.82) is 0 Å². The number of carboxylic acids is 1. The molecule has 3 nitrogen and oxygen atoms in total. The fourth-order valence-corrected chi connectivity index (χ4v) is 3.16. The first-order valence-electron chi connectivity index (χ1n) is 6.96. The molecule has 0 fully saturated rings. The van der Waals surface area contributed by atoms with Gasteiger partial charge in [0, 0.05) is 23.1 Å². The summed E-state index contributed by atoms with van der Waals surface area (Å²) < 4.78 is 2.31. The number of hydrogen-bond acceptors (Lipinski definition) is 2. The Balaban J connectivity index is 2.35. The van der Waals surface area contributed by atoms with E-state index in [2.05, 4.69) is 25.3 Å². The second-order valence-corrected chi connectivity index (χ2v) is 6.34. The number of fused-ring (bicyclic) bond motifs is 1. The van der Waals surface area contributed by atoms with Gasteiger partial charge in [0.15, 0.2) is 0 Å². The van der Waals surface area contributed by atoms with Crippen molar-refractivity contribution in [3.8, 4) is 0 Å². The lowest BCUT2D eigenvalue weighted by Gasteiger charge is -2.08. The Morgan fingerprint density at radius 3 is 2.75 bits per heavy atom. The number of carbonyl (C=O) groups is 1. The molecule has 0 bridgehead atoms. The Bertz CT molecular complexity index is 631. The minimum absolute atomic E-state index is 0.360. The van der Waals surface area contributed by atoms with Crippen molar-refractivity contribution in [1.82, 2.24) is 4.57 Å². The van der Waals surface area contributed by atoms with Crippen LogP contribution >= 0.6 is 11.8 Å². The zero-order valence-corrected chi connectivity index (χ0v) is 13.1. The summed E-state index contributed by atoms with van der Waals surface area (Å²) in [5.41, 5.74) is 3.93. The summed E-state index contributed by atoms with van der Waals surface area (Å²) in [6, 6.07) is 5.42. The third-order valence-electron chi connectivity index (χ3n) is 3.76. The first-order valence-corrected chi connectivity index (χ1v) is 8.12. The van der Waals surface area contributed by atoms with Crippen LogP contribution in [0.4, 0.5) is 0 Å². The van der Waals surface area contributed by atoms with Crippen LogP contribution in [0.2, 0.25) is 0 Å². The Morgan fingerprint density at radius 2 is 2.10 bits per heavy atom. The molecule has 0 aliphatic rings. The molecule has 0 unspecified atom stereocenters. The quantitative estimate of drug-likeness (QED) is 0.815. The molecular formula is C16H21NO2S. The minimum Gasteiger partial charge on any atom is -0.478 e. The van der Waals surface area contributed by atoms with Crippen LogP contribution in [0, 0.1) is 13.8 Å². The Hall–Kier alpha value is -1.42. The van der Waals surface area contributed by atoms with Crippen molar-refractivity contribution in [3.05, 3.63) is 35.0 Å². The van der Waals surface area contributed by atoms with Gasteiger partial charge in [0.1, 0.15) is 0 Å². The molecule has 0 aliphatic carbocycles. The number of hydrogen-bond donors (Lipinski definition) is 1. The van der Waals surface area contributed by atoms with Crippen molar-refractivity contribution in [3.63, 3.8) is 0 Å². The molecule has 0 saturated carbocycles. The van der Waals surface area contributed by atoms with Gasteiger partial charge in [-0.1, -0.05) is 6.92 Å². The molecule has 4 heteroatoms. The molecule has 2 aromatic rings. The SMILES string of the molecule is CCSCCCn1c(C)c(C)c2cc(C(=O)O)ccc21. The van der Waals surface area contributed by atoms with Crippen LogP contribution in [0.5, 0.6) is 0 Å². The molecular weight excluding hydrogens is 270 g/mol. The number of aryl methyl sites for hydroxylation is 2. The first kappa shape index (κ1) is 15.0. The molecule has 0 spiro atoms. The molecule has 108 valence electrons. The van der Waals surface area contributed by atoms with Gasteiger partial charge in [-0.25, -0.2) is 4.79 Å². The van der Waals surface area contributed by atoms with E-state index in [9.17, 15) is 4.79 Å². The topological polar surface area (TPSA) is 42.2 Å². The van der Waals surface area contributed by atoms with E-state index in [1.54, 1.807) is 12.1 Å². The second kappa shape index (κ2) is 6.35. The molecule has 0 aliphatic heterocycles. The van der Waals surface area contributed by atoms with E-state index in [0.29, 0.717) is 5.56 Å². The lowest BCUT2D eigenvalue weighted by Crippen LogP contribution is -2.02. The predicted octanol–water partition coefficient (Wildman–Crippen LogP) is 4.10. The number of benzene rings is 1. The van der Waals surface area contributed by atoms with Gasteiger partial charge in [0.25, 0.3) is 0 Å². The minimum atomic E-state index is -0.865. The molecule has 0 radical (unpaired) electrons. The second-order valence-electron chi connectivity index (χ2n) is 4.95. The number of rotatable bonds is 6. The summed E-state index contributed by atoms with van der Waals surface area (Å²) in [6.07, 6.45) is 1.14. The number of aromatic nitrogens is 1. The van der Waals surface area contributed by atoms with Gasteiger partial charge >= 0.3 is 5.97 Å². The normalized spacial score (nSPS) is 11.2. The fourth-order valence-electron chi connectivity index (χ4n) is 2.54. The highest BCUT2D eigenvalue weighted by molar-refractivity contribution is 7.99. The molecule has 0 amide bonds. The van der Waals surface area contributed by atoms with Crippen LogP contribution in [0.3, 0.4) is 0 Å². The molecule has 1 heterocycles. The lowest BCUT2D eigenvalue weighted by atomic mass is 10.1. The van der Waals surface area contributed by atoms with Gasteiger partial charge in [-0.2, -0.15) is 11.8 Å². The van der Waals surface area contributed by atoms with Crippen LogP contribution in [0.1, 0.15) is 35.0 Å². The summed E-state index contributed by atoms with van der Waals surface area (Å²) in [5.74, 6) is 1.46. The van der Waals surface area contributed by atoms with Crippen molar-refractivity contribution in [2.24, 2.45) is 0 Å². The Labute approximate surface area is 124 Å². The van der Waals surface area contributed by atoms with Crippen molar-refractivity contribution in [2.45, 2.75) is 33.7 Å². The largest absolute Gasteiger partial charge is 0.478 e. The first-order chi connectivity index (χ1) is 9.56. The maximum Gasteiger partial charge on any atom is 0.335 e. The number of thioether (sulfide) groups is 1. The van der Waals surface area contributed by atoms with Gasteiger partial charge in [-0.3, -0.25) is 0 Å². The van der Waals surface area contributed by atoms with Gasteiger partial charge in [0.05, 0.1) is 5.56 Å². The van der Waals surface area contributed by atoms with Gasteiger partial charge in [0.2, 0.25) is 0 Å². The lowest BCUT2D eigenvalue weighted by molar-refractivity contribution is 0.0697. The standard InChI is InChI=1S/C16H21NO2S/c1-4-20-9-5-8-17-12(3)11(2)14-10-13(16(18)19)6-7-15(14)17/h6-7,10H,4-5,8-9H2,1-3H3,(H,18,19). The Kier molecular flexibility index (Phi) is 4.76. The van der Waals surface area contributed by atoms with E-state index in [0.717, 1.165) is 29.6 Å². The van der Waals surface area contributed by atoms with Crippen LogP contribution < -0.4 is 0 Å². The van der Waals surface area contributed by atoms with E-state index >= 15 is 0 Å². The summed E-state index contributed by atoms with van der Waals surface area (Å²) in [5, 5.41) is 10.2. The highest BCUT2D eigenvalue weighted by atomic mass is 32.2. The van der Waals surface area contributed by atoms with E-state index < -0.39 is 5.97 Å². The summed E-state index contributed by atoms with van der Waals surface area (Å²) in [6.45, 7) is 7.36. The Morgan fingerprint density at radius 1 is 1.35 bits per heavy atom. The molecule has 2 rings (SSSR count). The van der Waals surface area contributed by atoms with Crippen molar-refractivity contribution >= 4 is 28.6 Å². The molecule has 20 heavy (non-hydrogen) atoms. The van der Waals surface area contributed by atoms with Crippen LogP contribution in [-0.4, -0.2) is 27.1 Å². The van der Waals surface area contributed by atoms with Crippen LogP contribution in [0.15, 0.2) is 18.2 Å². The molecule has 1 N–H and O–H groups in total. The van der Waals surface area contributed by atoms with Gasteiger partial charge < -0.3 is 9.67 Å². The van der Waals surface area contributed by atoms with Crippen molar-refractivity contribution in [2.75, 3.05) is 11.5 Å². The zero-order chi connectivity index (χ0) is 14.7. The van der Waals surface area contributed by atoms with Gasteiger partial charge in [-0.05, 0) is 55.5 Å². The van der Waals surface area contributed by atoms with Crippen LogP contribution in [0.25, 0.3) is 10.9 Å². The van der Waals surface area contributed by atoms with E-state index in [1.165, 1.54) is 17.0 Å². The average molecular weight is 291 g/mol. The fraction of sp³-hybridized carbons (Fsp3) is 0.438. The van der Waals surface area contributed by atoms with Crippen LogP contribution in [-0.2, 0) is 6.54 Å². The summed E-state index contributed by atoms with van der Waals surface area (Å²) in [4.78, 5) is 11.1. The maximum atomic E-state index is 11.1. The van der Waals surface area contributed by atoms with E-state index in [4.69, 9.17) is 5.11 Å². The number of aromatic carboxylic acids is 1. The zero-order valence-electron chi connectivity index (χ0n) is 12.3.